The van der Waals surface area contributed by atoms with Gasteiger partial charge in [-0.3, -0.25) is 4.79 Å². The van der Waals surface area contributed by atoms with E-state index in [1.54, 1.807) is 25.1 Å². The first-order chi connectivity index (χ1) is 7.11. The summed E-state index contributed by atoms with van der Waals surface area (Å²) >= 11 is 0. The number of carbonyl (C=O) groups is 1. The molecule has 0 atom stereocenters. The number of aromatic nitrogens is 2. The molecule has 76 valence electrons. The standard InChI is InChI=1S/C11H10N2O2/c1-7-11(8(2)14)13(15)10-6-4-3-5-9(10)12-7/h3-6H,1-2H3. The Kier molecular flexibility index (Phi) is 2.11. The minimum atomic E-state index is -0.263. The van der Waals surface area contributed by atoms with Crippen LogP contribution in [-0.4, -0.2) is 10.8 Å². The van der Waals surface area contributed by atoms with Gasteiger partial charge in [0.25, 0.3) is 5.69 Å². The molecule has 0 radical (unpaired) electrons. The summed E-state index contributed by atoms with van der Waals surface area (Å²) in [6.45, 7) is 3.03. The number of aryl methyl sites for hydroxylation is 1. The maximum absolute atomic E-state index is 11.8. The molecule has 0 aliphatic rings. The van der Waals surface area contributed by atoms with Gasteiger partial charge in [0.2, 0.25) is 11.3 Å². The molecule has 1 aromatic heterocycles. The van der Waals surface area contributed by atoms with Crippen LogP contribution < -0.4 is 4.73 Å². The van der Waals surface area contributed by atoms with E-state index < -0.39 is 0 Å². The molecule has 0 bridgehead atoms. The summed E-state index contributed by atoms with van der Waals surface area (Å²) in [5.74, 6) is -0.263. The third kappa shape index (κ3) is 1.44. The van der Waals surface area contributed by atoms with Crippen LogP contribution in [0, 0.1) is 12.1 Å². The Balaban J connectivity index is 2.90. The molecule has 4 nitrogen and oxygen atoms in total. The molecule has 0 aliphatic heterocycles. The predicted molar refractivity (Wildman–Crippen MR) is 55.4 cm³/mol. The Morgan fingerprint density at radius 3 is 2.73 bits per heavy atom. The zero-order chi connectivity index (χ0) is 11.0. The minimum Gasteiger partial charge on any atom is -0.618 e. The highest BCUT2D eigenvalue weighted by molar-refractivity contribution is 5.92. The summed E-state index contributed by atoms with van der Waals surface area (Å²) in [6.07, 6.45) is 0. The van der Waals surface area contributed by atoms with Crippen molar-refractivity contribution in [3.63, 3.8) is 0 Å². The number of para-hydroxylation sites is 2. The SMILES string of the molecule is CC(=O)c1c(C)nc2ccccc2[n+]1[O-]. The van der Waals surface area contributed by atoms with Gasteiger partial charge in [0, 0.05) is 13.0 Å². The van der Waals surface area contributed by atoms with Crippen molar-refractivity contribution in [2.24, 2.45) is 0 Å². The second-order valence-electron chi connectivity index (χ2n) is 3.39. The first-order valence-electron chi connectivity index (χ1n) is 4.61. The van der Waals surface area contributed by atoms with E-state index in [1.807, 2.05) is 6.07 Å². The highest BCUT2D eigenvalue weighted by Crippen LogP contribution is 2.10. The normalized spacial score (nSPS) is 10.5. The van der Waals surface area contributed by atoms with Gasteiger partial charge in [-0.1, -0.05) is 12.1 Å². The lowest BCUT2D eigenvalue weighted by molar-refractivity contribution is -0.580. The number of rotatable bonds is 1. The fourth-order valence-electron chi connectivity index (χ4n) is 1.63. The van der Waals surface area contributed by atoms with E-state index in [1.165, 1.54) is 6.92 Å². The van der Waals surface area contributed by atoms with E-state index in [2.05, 4.69) is 4.98 Å². The Morgan fingerprint density at radius 2 is 2.07 bits per heavy atom. The Bertz CT molecular complexity index is 550. The average molecular weight is 202 g/mol. The lowest BCUT2D eigenvalue weighted by atomic mass is 10.2. The van der Waals surface area contributed by atoms with Gasteiger partial charge in [0.1, 0.15) is 11.2 Å². The van der Waals surface area contributed by atoms with E-state index in [-0.39, 0.29) is 11.5 Å². The monoisotopic (exact) mass is 202 g/mol. The zero-order valence-electron chi connectivity index (χ0n) is 8.52. The lowest BCUT2D eigenvalue weighted by Crippen LogP contribution is -2.36. The highest BCUT2D eigenvalue weighted by Gasteiger charge is 2.19. The zero-order valence-corrected chi connectivity index (χ0v) is 8.52. The fraction of sp³-hybridized carbons (Fsp3) is 0.182. The largest absolute Gasteiger partial charge is 0.618 e. The molecular formula is C11H10N2O2. The van der Waals surface area contributed by atoms with Crippen LogP contribution in [0.25, 0.3) is 11.0 Å². The Morgan fingerprint density at radius 1 is 1.40 bits per heavy atom. The van der Waals surface area contributed by atoms with Gasteiger partial charge in [-0.05, 0) is 13.0 Å². The number of nitrogens with zero attached hydrogens (tertiary/aromatic N) is 2. The topological polar surface area (TPSA) is 56.9 Å². The van der Waals surface area contributed by atoms with Crippen LogP contribution in [0.1, 0.15) is 23.1 Å². The molecule has 0 saturated heterocycles. The molecule has 15 heavy (non-hydrogen) atoms. The molecule has 2 rings (SSSR count). The fourth-order valence-corrected chi connectivity index (χ4v) is 1.63. The van der Waals surface area contributed by atoms with Crippen LogP contribution in [0.2, 0.25) is 0 Å². The van der Waals surface area contributed by atoms with E-state index in [9.17, 15) is 10.0 Å². The number of fused-ring (bicyclic) bond motifs is 1. The number of hydrogen-bond donors (Lipinski definition) is 0. The maximum Gasteiger partial charge on any atom is 0.281 e. The average Bonchev–Trinajstić information content (AvgIpc) is 2.17. The Hall–Kier alpha value is -1.97. The summed E-state index contributed by atoms with van der Waals surface area (Å²) < 4.78 is 0.653. The highest BCUT2D eigenvalue weighted by atomic mass is 16.5. The summed E-state index contributed by atoms with van der Waals surface area (Å²) in [7, 11) is 0. The van der Waals surface area contributed by atoms with Crippen molar-refractivity contribution in [1.82, 2.24) is 4.98 Å². The molecule has 0 unspecified atom stereocenters. The van der Waals surface area contributed by atoms with Crippen molar-refractivity contribution in [3.05, 3.63) is 40.9 Å². The van der Waals surface area contributed by atoms with Crippen molar-refractivity contribution in [1.29, 1.82) is 0 Å². The summed E-state index contributed by atoms with van der Waals surface area (Å²) in [4.78, 5) is 15.5. The molecule has 0 fully saturated rings. The summed E-state index contributed by atoms with van der Waals surface area (Å²) in [5.41, 5.74) is 1.62. The van der Waals surface area contributed by atoms with E-state index in [0.717, 1.165) is 0 Å². The molecule has 1 aromatic carbocycles. The predicted octanol–water partition coefficient (Wildman–Crippen LogP) is 1.38. The molecule has 0 aliphatic carbocycles. The van der Waals surface area contributed by atoms with Crippen LogP contribution in [0.5, 0.6) is 0 Å². The summed E-state index contributed by atoms with van der Waals surface area (Å²) in [5, 5.41) is 11.8. The maximum atomic E-state index is 11.8. The third-order valence-electron chi connectivity index (χ3n) is 2.27. The lowest BCUT2D eigenvalue weighted by Gasteiger charge is -2.06. The second-order valence-corrected chi connectivity index (χ2v) is 3.39. The van der Waals surface area contributed by atoms with Gasteiger partial charge in [0.05, 0.1) is 0 Å². The molecule has 1 heterocycles. The number of carbonyl (C=O) groups excluding carboxylic acids is 1. The van der Waals surface area contributed by atoms with Gasteiger partial charge < -0.3 is 5.21 Å². The van der Waals surface area contributed by atoms with Crippen molar-refractivity contribution < 1.29 is 9.52 Å². The van der Waals surface area contributed by atoms with Crippen molar-refractivity contribution >= 4 is 16.8 Å². The van der Waals surface area contributed by atoms with Crippen molar-refractivity contribution in [3.8, 4) is 0 Å². The summed E-state index contributed by atoms with van der Waals surface area (Å²) in [6, 6.07) is 6.96. The van der Waals surface area contributed by atoms with Crippen LogP contribution in [0.4, 0.5) is 0 Å². The van der Waals surface area contributed by atoms with E-state index in [0.29, 0.717) is 21.5 Å². The first kappa shape index (κ1) is 9.58. The van der Waals surface area contributed by atoms with Crippen LogP contribution in [0.15, 0.2) is 24.3 Å². The van der Waals surface area contributed by atoms with Gasteiger partial charge >= 0.3 is 0 Å². The van der Waals surface area contributed by atoms with E-state index in [4.69, 9.17) is 0 Å². The van der Waals surface area contributed by atoms with Crippen LogP contribution >= 0.6 is 0 Å². The first-order valence-corrected chi connectivity index (χ1v) is 4.61. The van der Waals surface area contributed by atoms with Gasteiger partial charge in [-0.2, -0.15) is 4.73 Å². The molecule has 0 spiro atoms. The van der Waals surface area contributed by atoms with Gasteiger partial charge in [-0.15, -0.1) is 0 Å². The smallest absolute Gasteiger partial charge is 0.281 e. The number of hydrogen-bond acceptors (Lipinski definition) is 3. The molecule has 0 N–H and O–H groups in total. The molecular weight excluding hydrogens is 192 g/mol. The third-order valence-corrected chi connectivity index (χ3v) is 2.27. The van der Waals surface area contributed by atoms with Crippen molar-refractivity contribution in [2.45, 2.75) is 13.8 Å². The van der Waals surface area contributed by atoms with Gasteiger partial charge in [-0.25, -0.2) is 4.98 Å². The van der Waals surface area contributed by atoms with Crippen molar-refractivity contribution in [2.75, 3.05) is 0 Å². The molecule has 2 aromatic rings. The molecule has 0 saturated carbocycles. The van der Waals surface area contributed by atoms with Gasteiger partial charge in [0.15, 0.2) is 0 Å². The van der Waals surface area contributed by atoms with Crippen LogP contribution in [0.3, 0.4) is 0 Å². The number of ketones is 1. The molecule has 0 amide bonds. The number of Topliss-reactive ketones (excluding diaryl/α,β-unsaturated/α-hetero) is 1. The second kappa shape index (κ2) is 3.31. The number of benzene rings is 1. The van der Waals surface area contributed by atoms with Crippen LogP contribution in [-0.2, 0) is 0 Å². The Labute approximate surface area is 86.8 Å². The minimum absolute atomic E-state index is 0.119. The van der Waals surface area contributed by atoms with E-state index >= 15 is 0 Å². The molecule has 4 heteroatoms. The quantitative estimate of drug-likeness (QED) is 0.399.